The second-order valence-corrected chi connectivity index (χ2v) is 12.4. The van der Waals surface area contributed by atoms with Crippen molar-refractivity contribution >= 4 is 15.0 Å². The molecule has 0 amide bonds. The zero-order valence-corrected chi connectivity index (χ0v) is 21.9. The van der Waals surface area contributed by atoms with Gasteiger partial charge in [0.25, 0.3) is 0 Å². The van der Waals surface area contributed by atoms with Gasteiger partial charge in [0.1, 0.15) is 0 Å². The van der Waals surface area contributed by atoms with Gasteiger partial charge in [-0.15, -0.1) is 0 Å². The van der Waals surface area contributed by atoms with Crippen molar-refractivity contribution < 1.29 is 0 Å². The molecule has 2 aliphatic carbocycles. The van der Waals surface area contributed by atoms with Crippen molar-refractivity contribution in [3.63, 3.8) is 0 Å². The summed E-state index contributed by atoms with van der Waals surface area (Å²) in [4.78, 5) is 0. The molecule has 0 fully saturated rings. The molecule has 2 N–H and O–H groups in total. The van der Waals surface area contributed by atoms with Crippen molar-refractivity contribution in [3.8, 4) is 0 Å². The minimum absolute atomic E-state index is 0.0207. The maximum absolute atomic E-state index is 3.75. The number of hydrogen-bond acceptors (Lipinski definition) is 4. The van der Waals surface area contributed by atoms with E-state index in [9.17, 15) is 0 Å². The van der Waals surface area contributed by atoms with E-state index in [1.54, 1.807) is 8.94 Å². The van der Waals surface area contributed by atoms with Crippen LogP contribution in [0, 0.1) is 11.8 Å². The van der Waals surface area contributed by atoms with Gasteiger partial charge >= 0.3 is 195 Å². The van der Waals surface area contributed by atoms with Gasteiger partial charge in [-0.3, -0.25) is 0 Å². The second kappa shape index (κ2) is 8.11. The first kappa shape index (κ1) is 22.7. The molecule has 0 aromatic carbocycles. The van der Waals surface area contributed by atoms with E-state index in [1.807, 2.05) is 0 Å². The Labute approximate surface area is 195 Å². The van der Waals surface area contributed by atoms with Gasteiger partial charge in [0, 0.05) is 0 Å². The molecular formula is C26H38N4Se. The molecule has 0 spiro atoms. The van der Waals surface area contributed by atoms with Crippen LogP contribution >= 0.6 is 0 Å². The predicted molar refractivity (Wildman–Crippen MR) is 132 cm³/mol. The number of allylic oxidation sites excluding steroid dienone is 6. The summed E-state index contributed by atoms with van der Waals surface area (Å²) in [6.45, 7) is 18.7. The quantitative estimate of drug-likeness (QED) is 0.538. The Kier molecular flexibility index (Phi) is 5.93. The number of nitrogens with zero attached hydrogens (tertiary/aromatic N) is 2. The van der Waals surface area contributed by atoms with Crippen molar-refractivity contribution in [2.75, 3.05) is 0 Å². The van der Waals surface area contributed by atoms with Gasteiger partial charge in [0.2, 0.25) is 0 Å². The van der Waals surface area contributed by atoms with Crippen molar-refractivity contribution in [1.29, 1.82) is 0 Å². The molecular weight excluding hydrogens is 447 g/mol. The number of hydrogen-bond donors (Lipinski definition) is 2. The third kappa shape index (κ3) is 3.80. The maximum atomic E-state index is 3.75. The predicted octanol–water partition coefficient (Wildman–Crippen LogP) is 4.61. The van der Waals surface area contributed by atoms with Gasteiger partial charge < -0.3 is 0 Å². The Morgan fingerprint density at radius 1 is 0.710 bits per heavy atom. The molecule has 0 bridgehead atoms. The molecule has 4 aliphatic rings. The van der Waals surface area contributed by atoms with E-state index < -0.39 is 0 Å². The van der Waals surface area contributed by atoms with E-state index in [-0.39, 0.29) is 26.0 Å². The SMILES string of the molecule is CC1=C([Se]C2=C(C)NN(C(C)C3C=CC=C3)C2(C)C)C(C)(C)N(C(C)C2C=CC=C2)N1. The van der Waals surface area contributed by atoms with Gasteiger partial charge in [-0.05, 0) is 0 Å². The molecule has 4 nitrogen and oxygen atoms in total. The van der Waals surface area contributed by atoms with Crippen LogP contribution in [-0.4, -0.2) is 48.1 Å². The molecule has 5 heteroatoms. The second-order valence-electron chi connectivity index (χ2n) is 10.3. The summed E-state index contributed by atoms with van der Waals surface area (Å²) in [7, 11) is 0. The van der Waals surface area contributed by atoms with E-state index in [2.05, 4.69) is 125 Å². The number of rotatable bonds is 6. The zero-order valence-electron chi connectivity index (χ0n) is 20.2. The van der Waals surface area contributed by atoms with Crippen LogP contribution in [0.4, 0.5) is 0 Å². The summed E-state index contributed by atoms with van der Waals surface area (Å²) >= 11 is 0.257. The van der Waals surface area contributed by atoms with Crippen LogP contribution < -0.4 is 10.9 Å². The molecule has 2 atom stereocenters. The molecule has 0 radical (unpaired) electrons. The Balaban J connectivity index is 1.55. The topological polar surface area (TPSA) is 30.5 Å². The summed E-state index contributed by atoms with van der Waals surface area (Å²) in [5.41, 5.74) is 10.1. The van der Waals surface area contributed by atoms with E-state index in [0.29, 0.717) is 23.9 Å². The standard InChI is InChI=1S/C26H38N4Se/c1-17-23(25(5,6)29(27-17)19(3)21-13-9-10-14-21)31-24-18(2)28-30(26(24,7)8)20(4)22-15-11-12-16-22/h9-16,19-22,27-28H,1-8H3. The van der Waals surface area contributed by atoms with Crippen molar-refractivity contribution in [2.24, 2.45) is 11.8 Å². The van der Waals surface area contributed by atoms with Gasteiger partial charge in [-0.1, -0.05) is 0 Å². The fourth-order valence-electron chi connectivity index (χ4n) is 5.49. The average Bonchev–Trinajstić information content (AvgIpc) is 3.47. The molecule has 2 unspecified atom stereocenters. The molecule has 168 valence electrons. The fourth-order valence-corrected chi connectivity index (χ4v) is 8.21. The van der Waals surface area contributed by atoms with Crippen LogP contribution in [-0.2, 0) is 0 Å². The van der Waals surface area contributed by atoms with Crippen molar-refractivity contribution in [1.82, 2.24) is 20.9 Å². The molecule has 0 aromatic heterocycles. The first-order valence-corrected chi connectivity index (χ1v) is 13.2. The summed E-state index contributed by atoms with van der Waals surface area (Å²) in [6.07, 6.45) is 17.9. The van der Waals surface area contributed by atoms with Gasteiger partial charge in [0.05, 0.1) is 0 Å². The zero-order chi connectivity index (χ0) is 22.6. The minimum atomic E-state index is -0.0207. The fraction of sp³-hybridized carbons (Fsp3) is 0.538. The van der Waals surface area contributed by atoms with Crippen molar-refractivity contribution in [2.45, 2.75) is 78.6 Å². The average molecular weight is 486 g/mol. The Morgan fingerprint density at radius 3 is 1.35 bits per heavy atom. The third-order valence-corrected chi connectivity index (χ3v) is 11.5. The summed E-state index contributed by atoms with van der Waals surface area (Å²) in [6, 6.07) is 0.797. The molecule has 0 saturated carbocycles. The van der Waals surface area contributed by atoms with Crippen LogP contribution in [0.2, 0.25) is 0 Å². The van der Waals surface area contributed by atoms with Crippen LogP contribution in [0.25, 0.3) is 0 Å². The van der Waals surface area contributed by atoms with E-state index in [4.69, 9.17) is 0 Å². The van der Waals surface area contributed by atoms with Gasteiger partial charge in [-0.2, -0.15) is 0 Å². The Hall–Kier alpha value is -1.52. The van der Waals surface area contributed by atoms with Crippen LogP contribution in [0.3, 0.4) is 0 Å². The molecule has 0 saturated heterocycles. The summed E-state index contributed by atoms with van der Waals surface area (Å²) < 4.78 is 3.11. The van der Waals surface area contributed by atoms with Crippen LogP contribution in [0.1, 0.15) is 55.4 Å². The Morgan fingerprint density at radius 2 is 1.03 bits per heavy atom. The molecule has 0 aromatic rings. The van der Waals surface area contributed by atoms with E-state index >= 15 is 0 Å². The van der Waals surface area contributed by atoms with Gasteiger partial charge in [0.15, 0.2) is 0 Å². The number of hydrazine groups is 2. The summed E-state index contributed by atoms with van der Waals surface area (Å²) in [5, 5.41) is 4.95. The molecule has 2 aliphatic heterocycles. The molecule has 31 heavy (non-hydrogen) atoms. The Bertz CT molecular complexity index is 820. The first-order valence-electron chi connectivity index (χ1n) is 11.5. The monoisotopic (exact) mass is 486 g/mol. The van der Waals surface area contributed by atoms with Crippen molar-refractivity contribution in [3.05, 3.63) is 68.9 Å². The van der Waals surface area contributed by atoms with Gasteiger partial charge in [-0.25, -0.2) is 0 Å². The molecule has 2 heterocycles. The van der Waals surface area contributed by atoms with E-state index in [0.717, 1.165) is 0 Å². The third-order valence-electron chi connectivity index (χ3n) is 7.26. The van der Waals surface area contributed by atoms with E-state index in [1.165, 1.54) is 11.4 Å². The summed E-state index contributed by atoms with van der Waals surface area (Å²) in [5.74, 6) is 0.918. The normalized spacial score (nSPS) is 27.6. The van der Waals surface area contributed by atoms with Crippen LogP contribution in [0.15, 0.2) is 68.9 Å². The van der Waals surface area contributed by atoms with Crippen LogP contribution in [0.5, 0.6) is 0 Å². The first-order chi connectivity index (χ1) is 14.5. The molecule has 4 rings (SSSR count). The number of nitrogens with one attached hydrogen (secondary N) is 2.